The largest absolute Gasteiger partial charge is 0.452 e. The minimum atomic E-state index is -0.661. The second-order valence-corrected chi connectivity index (χ2v) is 8.04. The molecule has 3 amide bonds. The molecule has 3 aromatic rings. The van der Waals surface area contributed by atoms with Crippen molar-refractivity contribution in [2.75, 3.05) is 11.5 Å². The highest BCUT2D eigenvalue weighted by Crippen LogP contribution is 2.32. The molecule has 7 nitrogen and oxygen atoms in total. The van der Waals surface area contributed by atoms with E-state index in [1.807, 2.05) is 26.0 Å². The van der Waals surface area contributed by atoms with Gasteiger partial charge in [0, 0.05) is 22.6 Å². The van der Waals surface area contributed by atoms with Crippen LogP contribution in [-0.4, -0.2) is 36.3 Å². The third-order valence-corrected chi connectivity index (χ3v) is 5.60. The zero-order valence-corrected chi connectivity index (χ0v) is 18.5. The van der Waals surface area contributed by atoms with Gasteiger partial charge in [-0.1, -0.05) is 37.6 Å². The number of imide groups is 1. The summed E-state index contributed by atoms with van der Waals surface area (Å²) in [6.07, 6.45) is 1.78. The zero-order chi connectivity index (χ0) is 23.5. The van der Waals surface area contributed by atoms with E-state index in [2.05, 4.69) is 5.32 Å². The number of nitrogens with zero attached hydrogens (tertiary/aromatic N) is 1. The predicted molar refractivity (Wildman–Crippen MR) is 124 cm³/mol. The molecule has 0 unspecified atom stereocenters. The highest BCUT2D eigenvalue weighted by atomic mass is 16.5. The van der Waals surface area contributed by atoms with Gasteiger partial charge in [0.05, 0.1) is 11.3 Å². The fourth-order valence-corrected chi connectivity index (χ4v) is 4.05. The number of anilines is 1. The molecule has 33 heavy (non-hydrogen) atoms. The van der Waals surface area contributed by atoms with Gasteiger partial charge in [-0.05, 0) is 55.1 Å². The SMILES string of the molecule is CCC[C@H](C)NC(=O)COC(=O)c1ccc(N2C(=O)c3cccc4cccc(c34)C2=O)cc1. The third-order valence-electron chi connectivity index (χ3n) is 5.60. The standard InChI is InChI=1S/C26H24N2O5/c1-3-6-16(2)27-22(29)15-33-26(32)18-11-13-19(14-12-18)28-24(30)20-9-4-7-17-8-5-10-21(23(17)20)25(28)31/h4-5,7-14,16H,3,6,15H2,1-2H3,(H,27,29)/t16-/m0/s1. The molecule has 0 fully saturated rings. The number of carbonyl (C=O) groups excluding carboxylic acids is 4. The van der Waals surface area contributed by atoms with Gasteiger partial charge >= 0.3 is 5.97 Å². The van der Waals surface area contributed by atoms with Gasteiger partial charge in [-0.3, -0.25) is 14.4 Å². The molecule has 0 aliphatic carbocycles. The van der Waals surface area contributed by atoms with Crippen LogP contribution in [0.5, 0.6) is 0 Å². The van der Waals surface area contributed by atoms with Crippen LogP contribution in [0.1, 0.15) is 57.8 Å². The number of benzene rings is 3. The molecule has 3 aromatic carbocycles. The van der Waals surface area contributed by atoms with Crippen LogP contribution in [0.15, 0.2) is 60.7 Å². The Morgan fingerprint density at radius 3 is 2.12 bits per heavy atom. The number of nitrogens with one attached hydrogen (secondary N) is 1. The first-order valence-corrected chi connectivity index (χ1v) is 10.9. The zero-order valence-electron chi connectivity index (χ0n) is 18.5. The van der Waals surface area contributed by atoms with Gasteiger partial charge in [0.25, 0.3) is 17.7 Å². The Morgan fingerprint density at radius 1 is 0.939 bits per heavy atom. The Kier molecular flexibility index (Phi) is 6.22. The van der Waals surface area contributed by atoms with Crippen molar-refractivity contribution in [3.05, 3.63) is 77.4 Å². The quantitative estimate of drug-likeness (QED) is 0.437. The molecular weight excluding hydrogens is 420 g/mol. The van der Waals surface area contributed by atoms with Gasteiger partial charge < -0.3 is 10.1 Å². The fourth-order valence-electron chi connectivity index (χ4n) is 4.05. The van der Waals surface area contributed by atoms with Gasteiger partial charge in [0.1, 0.15) is 0 Å². The monoisotopic (exact) mass is 444 g/mol. The molecule has 168 valence electrons. The summed E-state index contributed by atoms with van der Waals surface area (Å²) in [4.78, 5) is 51.6. The van der Waals surface area contributed by atoms with E-state index in [-0.39, 0.29) is 24.1 Å². The van der Waals surface area contributed by atoms with E-state index >= 15 is 0 Å². The lowest BCUT2D eigenvalue weighted by Gasteiger charge is -2.27. The first-order valence-electron chi connectivity index (χ1n) is 10.9. The smallest absolute Gasteiger partial charge is 0.338 e. The molecule has 4 rings (SSSR count). The van der Waals surface area contributed by atoms with Crippen molar-refractivity contribution in [2.24, 2.45) is 0 Å². The van der Waals surface area contributed by atoms with Gasteiger partial charge in [0.2, 0.25) is 0 Å². The van der Waals surface area contributed by atoms with Crippen molar-refractivity contribution in [1.82, 2.24) is 5.32 Å². The summed E-state index contributed by atoms with van der Waals surface area (Å²) in [5.41, 5.74) is 1.47. The van der Waals surface area contributed by atoms with Crippen LogP contribution in [0.2, 0.25) is 0 Å². The van der Waals surface area contributed by atoms with Crippen molar-refractivity contribution >= 4 is 40.2 Å². The van der Waals surface area contributed by atoms with Crippen molar-refractivity contribution in [2.45, 2.75) is 32.7 Å². The van der Waals surface area contributed by atoms with Crippen molar-refractivity contribution < 1.29 is 23.9 Å². The number of ether oxygens (including phenoxy) is 1. The first-order chi connectivity index (χ1) is 15.9. The number of hydrogen-bond donors (Lipinski definition) is 1. The molecule has 1 aliphatic heterocycles. The number of amides is 3. The fraction of sp³-hybridized carbons (Fsp3) is 0.231. The predicted octanol–water partition coefficient (Wildman–Crippen LogP) is 4.10. The van der Waals surface area contributed by atoms with Crippen molar-refractivity contribution in [3.8, 4) is 0 Å². The Hall–Kier alpha value is -4.00. The highest BCUT2D eigenvalue weighted by Gasteiger charge is 2.33. The van der Waals surface area contributed by atoms with Crippen molar-refractivity contribution in [3.63, 3.8) is 0 Å². The third kappa shape index (κ3) is 4.35. The lowest BCUT2D eigenvalue weighted by Crippen LogP contribution is -2.40. The Labute approximate surface area is 191 Å². The molecule has 0 saturated carbocycles. The second kappa shape index (κ2) is 9.24. The summed E-state index contributed by atoms with van der Waals surface area (Å²) in [5, 5.41) is 4.25. The van der Waals surface area contributed by atoms with E-state index in [4.69, 9.17) is 4.74 Å². The lowest BCUT2D eigenvalue weighted by atomic mass is 9.94. The molecule has 0 spiro atoms. The maximum Gasteiger partial charge on any atom is 0.338 e. The van der Waals surface area contributed by atoms with Crippen LogP contribution >= 0.6 is 0 Å². The minimum absolute atomic E-state index is 0.0103. The molecular formula is C26H24N2O5. The van der Waals surface area contributed by atoms with E-state index in [1.54, 1.807) is 24.3 Å². The summed E-state index contributed by atoms with van der Waals surface area (Å²) >= 11 is 0. The van der Waals surface area contributed by atoms with Crippen LogP contribution in [0, 0.1) is 0 Å². The van der Waals surface area contributed by atoms with Crippen LogP contribution in [0.25, 0.3) is 10.8 Å². The van der Waals surface area contributed by atoms with E-state index < -0.39 is 17.8 Å². The minimum Gasteiger partial charge on any atom is -0.452 e. The molecule has 0 bridgehead atoms. The van der Waals surface area contributed by atoms with E-state index in [0.717, 1.165) is 23.1 Å². The molecule has 1 atom stereocenters. The molecule has 0 aromatic heterocycles. The van der Waals surface area contributed by atoms with Gasteiger partial charge in [-0.15, -0.1) is 0 Å². The Morgan fingerprint density at radius 2 is 1.55 bits per heavy atom. The second-order valence-electron chi connectivity index (χ2n) is 8.04. The maximum absolute atomic E-state index is 13.1. The number of esters is 1. The molecule has 0 radical (unpaired) electrons. The van der Waals surface area contributed by atoms with Crippen LogP contribution in [0.3, 0.4) is 0 Å². The van der Waals surface area contributed by atoms with Crippen LogP contribution in [0.4, 0.5) is 5.69 Å². The molecule has 0 saturated heterocycles. The van der Waals surface area contributed by atoms with Gasteiger partial charge in [0.15, 0.2) is 6.61 Å². The first kappa shape index (κ1) is 22.2. The van der Waals surface area contributed by atoms with Crippen LogP contribution in [-0.2, 0) is 9.53 Å². The van der Waals surface area contributed by atoms with E-state index in [0.29, 0.717) is 22.2 Å². The Balaban J connectivity index is 1.48. The summed E-state index contributed by atoms with van der Waals surface area (Å²) in [6.45, 7) is 3.54. The average Bonchev–Trinajstić information content (AvgIpc) is 2.81. The van der Waals surface area contributed by atoms with E-state index in [1.165, 1.54) is 24.3 Å². The lowest BCUT2D eigenvalue weighted by molar-refractivity contribution is -0.124. The summed E-state index contributed by atoms with van der Waals surface area (Å²) < 4.78 is 5.08. The summed E-state index contributed by atoms with van der Waals surface area (Å²) in [7, 11) is 0. The molecule has 1 N–H and O–H groups in total. The summed E-state index contributed by atoms with van der Waals surface area (Å²) in [5.74, 6) is -1.86. The normalized spacial score (nSPS) is 13.7. The van der Waals surface area contributed by atoms with Crippen LogP contribution < -0.4 is 10.2 Å². The van der Waals surface area contributed by atoms with Gasteiger partial charge in [-0.2, -0.15) is 0 Å². The molecule has 7 heteroatoms. The Bertz CT molecular complexity index is 1200. The number of carbonyl (C=O) groups is 4. The number of rotatable bonds is 7. The van der Waals surface area contributed by atoms with Crippen molar-refractivity contribution in [1.29, 1.82) is 0 Å². The van der Waals surface area contributed by atoms with E-state index in [9.17, 15) is 19.2 Å². The molecule has 1 aliphatic rings. The maximum atomic E-state index is 13.1. The average molecular weight is 444 g/mol. The summed E-state index contributed by atoms with van der Waals surface area (Å²) in [6, 6.07) is 16.7. The highest BCUT2D eigenvalue weighted by molar-refractivity contribution is 6.35. The van der Waals surface area contributed by atoms with Gasteiger partial charge in [-0.25, -0.2) is 9.69 Å². The molecule has 1 heterocycles. The number of hydrogen-bond acceptors (Lipinski definition) is 5. The topological polar surface area (TPSA) is 92.8 Å².